The molecule has 0 radical (unpaired) electrons. The van der Waals surface area contributed by atoms with E-state index in [1.165, 1.54) is 22.4 Å². The van der Waals surface area contributed by atoms with E-state index in [0.29, 0.717) is 0 Å². The SMILES string of the molecule is CN/C(C1=CCNC=C1)=C(/C)C=C(C)C. The minimum Gasteiger partial charge on any atom is -0.387 e. The molecule has 0 bridgehead atoms. The minimum absolute atomic E-state index is 0.902. The van der Waals surface area contributed by atoms with Gasteiger partial charge in [0.25, 0.3) is 0 Å². The van der Waals surface area contributed by atoms with Gasteiger partial charge in [0.15, 0.2) is 0 Å². The lowest BCUT2D eigenvalue weighted by atomic mass is 10.0. The number of hydrogen-bond acceptors (Lipinski definition) is 2. The van der Waals surface area contributed by atoms with Crippen LogP contribution in [-0.4, -0.2) is 13.6 Å². The molecule has 1 rings (SSSR count). The van der Waals surface area contributed by atoms with E-state index in [9.17, 15) is 0 Å². The summed E-state index contributed by atoms with van der Waals surface area (Å²) in [6.07, 6.45) is 8.47. The Morgan fingerprint density at radius 2 is 2.13 bits per heavy atom. The summed E-state index contributed by atoms with van der Waals surface area (Å²) in [5, 5.41) is 6.42. The van der Waals surface area contributed by atoms with E-state index >= 15 is 0 Å². The first-order chi connectivity index (χ1) is 7.15. The third-order valence-corrected chi connectivity index (χ3v) is 2.26. The van der Waals surface area contributed by atoms with Gasteiger partial charge in [0.05, 0.1) is 0 Å². The van der Waals surface area contributed by atoms with Crippen LogP contribution in [0.2, 0.25) is 0 Å². The predicted octanol–water partition coefficient (Wildman–Crippen LogP) is 2.49. The fraction of sp³-hybridized carbons (Fsp3) is 0.385. The molecule has 0 unspecified atom stereocenters. The van der Waals surface area contributed by atoms with Crippen molar-refractivity contribution in [2.45, 2.75) is 20.8 Å². The van der Waals surface area contributed by atoms with Crippen molar-refractivity contribution in [1.29, 1.82) is 0 Å². The third-order valence-electron chi connectivity index (χ3n) is 2.26. The Morgan fingerprint density at radius 3 is 2.60 bits per heavy atom. The molecule has 1 heterocycles. The van der Waals surface area contributed by atoms with Crippen LogP contribution in [0, 0.1) is 0 Å². The van der Waals surface area contributed by atoms with Crippen LogP contribution in [0.1, 0.15) is 20.8 Å². The fourth-order valence-corrected chi connectivity index (χ4v) is 1.71. The first-order valence-electron chi connectivity index (χ1n) is 5.29. The van der Waals surface area contributed by atoms with E-state index in [0.717, 1.165) is 6.54 Å². The maximum Gasteiger partial charge on any atom is 0.0438 e. The zero-order valence-corrected chi connectivity index (χ0v) is 10.0. The second kappa shape index (κ2) is 5.44. The molecule has 15 heavy (non-hydrogen) atoms. The zero-order valence-electron chi connectivity index (χ0n) is 10.0. The molecule has 0 fully saturated rings. The lowest BCUT2D eigenvalue weighted by Crippen LogP contribution is -2.15. The summed E-state index contributed by atoms with van der Waals surface area (Å²) in [7, 11) is 1.97. The molecule has 0 amide bonds. The first-order valence-corrected chi connectivity index (χ1v) is 5.29. The average Bonchev–Trinajstić information content (AvgIpc) is 2.19. The van der Waals surface area contributed by atoms with E-state index in [4.69, 9.17) is 0 Å². The average molecular weight is 204 g/mol. The molecule has 0 saturated heterocycles. The van der Waals surface area contributed by atoms with E-state index < -0.39 is 0 Å². The maximum atomic E-state index is 3.26. The highest BCUT2D eigenvalue weighted by atomic mass is 14.9. The van der Waals surface area contributed by atoms with Gasteiger partial charge in [-0.2, -0.15) is 0 Å². The zero-order chi connectivity index (χ0) is 11.3. The van der Waals surface area contributed by atoms with Crippen LogP contribution in [-0.2, 0) is 0 Å². The monoisotopic (exact) mass is 204 g/mol. The highest BCUT2D eigenvalue weighted by Crippen LogP contribution is 2.16. The summed E-state index contributed by atoms with van der Waals surface area (Å²) in [5.74, 6) is 0. The summed E-state index contributed by atoms with van der Waals surface area (Å²) in [4.78, 5) is 0. The highest BCUT2D eigenvalue weighted by molar-refractivity contribution is 5.45. The molecule has 1 aliphatic heterocycles. The number of allylic oxidation sites excluding steroid dienone is 4. The van der Waals surface area contributed by atoms with Crippen LogP contribution >= 0.6 is 0 Å². The first kappa shape index (κ1) is 11.6. The number of hydrogen-bond donors (Lipinski definition) is 2. The van der Waals surface area contributed by atoms with Crippen molar-refractivity contribution in [3.63, 3.8) is 0 Å². The second-order valence-electron chi connectivity index (χ2n) is 3.93. The van der Waals surface area contributed by atoms with Crippen molar-refractivity contribution in [2.75, 3.05) is 13.6 Å². The van der Waals surface area contributed by atoms with Crippen LogP contribution in [0.25, 0.3) is 0 Å². The summed E-state index contributed by atoms with van der Waals surface area (Å²) < 4.78 is 0. The van der Waals surface area contributed by atoms with Crippen molar-refractivity contribution in [3.05, 3.63) is 46.8 Å². The molecular weight excluding hydrogens is 184 g/mol. The van der Waals surface area contributed by atoms with E-state index in [1.54, 1.807) is 0 Å². The van der Waals surface area contributed by atoms with Crippen molar-refractivity contribution >= 4 is 0 Å². The normalized spacial score (nSPS) is 16.1. The van der Waals surface area contributed by atoms with E-state index in [1.807, 2.05) is 13.2 Å². The highest BCUT2D eigenvalue weighted by Gasteiger charge is 2.04. The van der Waals surface area contributed by atoms with Gasteiger partial charge in [-0.25, -0.2) is 0 Å². The molecular formula is C13H20N2. The fourth-order valence-electron chi connectivity index (χ4n) is 1.71. The minimum atomic E-state index is 0.902. The molecule has 0 saturated carbocycles. The van der Waals surface area contributed by atoms with Crippen LogP contribution in [0.5, 0.6) is 0 Å². The van der Waals surface area contributed by atoms with Gasteiger partial charge >= 0.3 is 0 Å². The Bertz CT molecular complexity index is 340. The number of dihydropyridines is 1. The summed E-state index contributed by atoms with van der Waals surface area (Å²) in [6, 6.07) is 0. The second-order valence-corrected chi connectivity index (χ2v) is 3.93. The van der Waals surface area contributed by atoms with E-state index in [2.05, 4.69) is 49.6 Å². The van der Waals surface area contributed by atoms with Gasteiger partial charge in [-0.15, -0.1) is 0 Å². The van der Waals surface area contributed by atoms with Gasteiger partial charge in [0.1, 0.15) is 0 Å². The molecule has 0 aromatic heterocycles. The lowest BCUT2D eigenvalue weighted by molar-refractivity contribution is 0.928. The largest absolute Gasteiger partial charge is 0.387 e. The summed E-state index contributed by atoms with van der Waals surface area (Å²) in [5.41, 5.74) is 5.05. The Kier molecular flexibility index (Phi) is 4.22. The predicted molar refractivity (Wildman–Crippen MR) is 66.4 cm³/mol. The maximum absolute atomic E-state index is 3.26. The molecule has 0 aromatic rings. The Hall–Kier alpha value is -1.44. The van der Waals surface area contributed by atoms with Gasteiger partial charge < -0.3 is 10.6 Å². The van der Waals surface area contributed by atoms with Gasteiger partial charge in [0.2, 0.25) is 0 Å². The summed E-state index contributed by atoms with van der Waals surface area (Å²) >= 11 is 0. The summed E-state index contributed by atoms with van der Waals surface area (Å²) in [6.45, 7) is 7.27. The van der Waals surface area contributed by atoms with Crippen molar-refractivity contribution in [2.24, 2.45) is 0 Å². The van der Waals surface area contributed by atoms with Gasteiger partial charge in [-0.3, -0.25) is 0 Å². The van der Waals surface area contributed by atoms with Gasteiger partial charge in [-0.05, 0) is 44.2 Å². The Labute approximate surface area is 92.5 Å². The molecule has 0 aromatic carbocycles. The molecule has 1 aliphatic rings. The van der Waals surface area contributed by atoms with Crippen LogP contribution in [0.15, 0.2) is 46.8 Å². The van der Waals surface area contributed by atoms with Crippen molar-refractivity contribution < 1.29 is 0 Å². The molecule has 2 heteroatoms. The molecule has 2 N–H and O–H groups in total. The van der Waals surface area contributed by atoms with Crippen LogP contribution < -0.4 is 10.6 Å². The molecule has 82 valence electrons. The smallest absolute Gasteiger partial charge is 0.0438 e. The van der Waals surface area contributed by atoms with Gasteiger partial charge in [-0.1, -0.05) is 17.7 Å². The molecule has 0 atom stereocenters. The third kappa shape index (κ3) is 3.31. The lowest BCUT2D eigenvalue weighted by Gasteiger charge is -2.14. The number of rotatable bonds is 3. The number of likely N-dealkylation sites (N-methyl/N-ethyl adjacent to an activating group) is 1. The topological polar surface area (TPSA) is 24.1 Å². The molecule has 0 aliphatic carbocycles. The molecule has 0 spiro atoms. The van der Waals surface area contributed by atoms with Crippen molar-refractivity contribution in [1.82, 2.24) is 10.6 Å². The van der Waals surface area contributed by atoms with Crippen LogP contribution in [0.3, 0.4) is 0 Å². The van der Waals surface area contributed by atoms with Crippen molar-refractivity contribution in [3.8, 4) is 0 Å². The Balaban J connectivity index is 3.01. The van der Waals surface area contributed by atoms with Gasteiger partial charge in [0, 0.05) is 19.3 Å². The van der Waals surface area contributed by atoms with E-state index in [-0.39, 0.29) is 0 Å². The quantitative estimate of drug-likeness (QED) is 0.690. The van der Waals surface area contributed by atoms with Crippen LogP contribution in [0.4, 0.5) is 0 Å². The molecule has 2 nitrogen and oxygen atoms in total. The Morgan fingerprint density at radius 1 is 1.40 bits per heavy atom. The standard InChI is InChI=1S/C13H20N2/c1-10(2)9-11(3)13(14-4)12-5-7-15-8-6-12/h5-7,9,14-15H,8H2,1-4H3/b13-11-. The number of nitrogens with one attached hydrogen (secondary N) is 2.